The third kappa shape index (κ3) is 3.84. The Morgan fingerprint density at radius 1 is 1.06 bits per heavy atom. The van der Waals surface area contributed by atoms with Crippen molar-refractivity contribution < 1.29 is 23.6 Å². The highest BCUT2D eigenvalue weighted by molar-refractivity contribution is 6.30. The van der Waals surface area contributed by atoms with Gasteiger partial charge in [-0.25, -0.2) is 4.79 Å². The molecule has 2 aliphatic heterocycles. The Balaban J connectivity index is 1.40. The third-order valence-corrected chi connectivity index (χ3v) is 6.24. The molecule has 3 heterocycles. The van der Waals surface area contributed by atoms with Gasteiger partial charge in [0.25, 0.3) is 11.8 Å². The first-order chi connectivity index (χ1) is 15.4. The van der Waals surface area contributed by atoms with Crippen molar-refractivity contribution in [3.63, 3.8) is 0 Å². The second-order valence-corrected chi connectivity index (χ2v) is 8.17. The predicted octanol–water partition coefficient (Wildman–Crippen LogP) is 2.07. The van der Waals surface area contributed by atoms with E-state index in [1.165, 1.54) is 6.26 Å². The van der Waals surface area contributed by atoms with Crippen molar-refractivity contribution in [2.75, 3.05) is 32.7 Å². The van der Waals surface area contributed by atoms with Crippen molar-refractivity contribution in [2.45, 2.75) is 18.9 Å². The van der Waals surface area contributed by atoms with Crippen LogP contribution in [0.4, 0.5) is 4.79 Å². The molecule has 1 N–H and O–H groups in total. The normalized spacial score (nSPS) is 21.1. The Bertz CT molecular complexity index is 1030. The smallest absolute Gasteiger partial charge is 0.325 e. The first kappa shape index (κ1) is 21.9. The van der Waals surface area contributed by atoms with Gasteiger partial charge >= 0.3 is 6.03 Å². The van der Waals surface area contributed by atoms with Crippen molar-refractivity contribution in [1.82, 2.24) is 20.0 Å². The number of furan rings is 1. The van der Waals surface area contributed by atoms with Crippen LogP contribution in [0, 0.1) is 0 Å². The van der Waals surface area contributed by atoms with Gasteiger partial charge in [0.15, 0.2) is 5.76 Å². The maximum Gasteiger partial charge on any atom is 0.325 e. The second kappa shape index (κ2) is 8.66. The van der Waals surface area contributed by atoms with Gasteiger partial charge in [-0.15, -0.1) is 0 Å². The predicted molar refractivity (Wildman–Crippen MR) is 115 cm³/mol. The zero-order valence-electron chi connectivity index (χ0n) is 17.5. The molecule has 1 aromatic heterocycles. The lowest BCUT2D eigenvalue weighted by atomic mass is 9.87. The number of nitrogens with one attached hydrogen (secondary N) is 1. The number of piperazine rings is 1. The Morgan fingerprint density at radius 3 is 2.31 bits per heavy atom. The van der Waals surface area contributed by atoms with Crippen LogP contribution in [0.2, 0.25) is 5.02 Å². The summed E-state index contributed by atoms with van der Waals surface area (Å²) in [6, 6.07) is 9.35. The average molecular weight is 459 g/mol. The molecule has 10 heteroatoms. The number of halogens is 1. The Hall–Kier alpha value is -3.33. The van der Waals surface area contributed by atoms with Crippen LogP contribution >= 0.6 is 11.6 Å². The largest absolute Gasteiger partial charge is 0.459 e. The van der Waals surface area contributed by atoms with Gasteiger partial charge in [-0.1, -0.05) is 30.7 Å². The molecule has 0 aliphatic carbocycles. The van der Waals surface area contributed by atoms with E-state index in [0.29, 0.717) is 43.2 Å². The number of hydrogen-bond donors (Lipinski definition) is 1. The summed E-state index contributed by atoms with van der Waals surface area (Å²) in [4.78, 5) is 55.2. The van der Waals surface area contributed by atoms with Crippen molar-refractivity contribution in [2.24, 2.45) is 0 Å². The van der Waals surface area contributed by atoms with E-state index in [0.717, 1.165) is 4.90 Å². The number of carbonyl (C=O) groups excluding carboxylic acids is 4. The molecule has 2 aromatic rings. The quantitative estimate of drug-likeness (QED) is 0.691. The highest BCUT2D eigenvalue weighted by atomic mass is 35.5. The second-order valence-electron chi connectivity index (χ2n) is 7.74. The molecular formula is C22H23ClN4O5. The number of hydrogen-bond acceptors (Lipinski definition) is 5. The van der Waals surface area contributed by atoms with E-state index in [-0.39, 0.29) is 24.1 Å². The molecule has 2 saturated heterocycles. The van der Waals surface area contributed by atoms with Crippen LogP contribution in [0.15, 0.2) is 47.1 Å². The van der Waals surface area contributed by atoms with E-state index >= 15 is 0 Å². The number of imide groups is 1. The zero-order chi connectivity index (χ0) is 22.9. The lowest BCUT2D eigenvalue weighted by Crippen LogP contribution is -2.53. The molecule has 32 heavy (non-hydrogen) atoms. The lowest BCUT2D eigenvalue weighted by Gasteiger charge is -2.35. The number of urea groups is 1. The van der Waals surface area contributed by atoms with Gasteiger partial charge in [0.2, 0.25) is 5.91 Å². The fourth-order valence-corrected chi connectivity index (χ4v) is 4.22. The van der Waals surface area contributed by atoms with E-state index in [1.54, 1.807) is 53.1 Å². The van der Waals surface area contributed by atoms with Gasteiger partial charge in [0, 0.05) is 31.2 Å². The van der Waals surface area contributed by atoms with Gasteiger partial charge in [-0.05, 0) is 36.2 Å². The average Bonchev–Trinajstić information content (AvgIpc) is 3.42. The van der Waals surface area contributed by atoms with Crippen LogP contribution in [0.5, 0.6) is 0 Å². The maximum absolute atomic E-state index is 13.2. The molecule has 0 spiro atoms. The Morgan fingerprint density at radius 2 is 1.72 bits per heavy atom. The summed E-state index contributed by atoms with van der Waals surface area (Å²) < 4.78 is 5.14. The van der Waals surface area contributed by atoms with E-state index in [9.17, 15) is 19.2 Å². The molecule has 1 atom stereocenters. The monoisotopic (exact) mass is 458 g/mol. The minimum Gasteiger partial charge on any atom is -0.459 e. The summed E-state index contributed by atoms with van der Waals surface area (Å²) in [6.07, 6.45) is 1.77. The molecule has 2 fully saturated rings. The molecule has 5 amide bonds. The molecule has 9 nitrogen and oxygen atoms in total. The summed E-state index contributed by atoms with van der Waals surface area (Å²) in [5, 5.41) is 3.28. The zero-order valence-corrected chi connectivity index (χ0v) is 18.3. The van der Waals surface area contributed by atoms with Crippen LogP contribution in [0.3, 0.4) is 0 Å². The number of benzene rings is 1. The third-order valence-electron chi connectivity index (χ3n) is 5.99. The molecular weight excluding hydrogens is 436 g/mol. The summed E-state index contributed by atoms with van der Waals surface area (Å²) in [5.74, 6) is -0.789. The van der Waals surface area contributed by atoms with Crippen molar-refractivity contribution in [1.29, 1.82) is 0 Å². The Kier molecular flexibility index (Phi) is 5.92. The molecule has 4 rings (SSSR count). The summed E-state index contributed by atoms with van der Waals surface area (Å²) in [6.45, 7) is 2.75. The minimum atomic E-state index is -1.23. The number of amides is 5. The number of nitrogens with zero attached hydrogens (tertiary/aromatic N) is 3. The van der Waals surface area contributed by atoms with Crippen molar-refractivity contribution in [3.05, 3.63) is 59.0 Å². The molecule has 0 saturated carbocycles. The summed E-state index contributed by atoms with van der Waals surface area (Å²) in [7, 11) is 0. The van der Waals surface area contributed by atoms with Crippen LogP contribution in [-0.2, 0) is 15.1 Å². The molecule has 0 radical (unpaired) electrons. The standard InChI is InChI=1S/C22H23ClN4O5/c1-2-22(15-5-7-16(23)8-6-15)20(30)27(21(31)24-22)14-18(28)25-9-11-26(12-10-25)19(29)17-4-3-13-32-17/h3-8,13H,2,9-12,14H2,1H3,(H,24,31)/t22-/m1/s1. The van der Waals surface area contributed by atoms with E-state index in [4.69, 9.17) is 16.0 Å². The van der Waals surface area contributed by atoms with Gasteiger partial charge in [-0.3, -0.25) is 19.3 Å². The number of rotatable bonds is 5. The van der Waals surface area contributed by atoms with Gasteiger partial charge in [0.1, 0.15) is 12.1 Å². The van der Waals surface area contributed by atoms with Crippen LogP contribution < -0.4 is 5.32 Å². The van der Waals surface area contributed by atoms with E-state index in [2.05, 4.69) is 5.32 Å². The SMILES string of the molecule is CC[C@]1(c2ccc(Cl)cc2)NC(=O)N(CC(=O)N2CCN(C(=O)c3ccco3)CC2)C1=O. The molecule has 168 valence electrons. The highest BCUT2D eigenvalue weighted by Crippen LogP contribution is 2.33. The van der Waals surface area contributed by atoms with Gasteiger partial charge < -0.3 is 19.5 Å². The first-order valence-corrected chi connectivity index (χ1v) is 10.7. The van der Waals surface area contributed by atoms with Crippen LogP contribution in [0.25, 0.3) is 0 Å². The van der Waals surface area contributed by atoms with Crippen LogP contribution in [-0.4, -0.2) is 71.2 Å². The first-order valence-electron chi connectivity index (χ1n) is 10.4. The van der Waals surface area contributed by atoms with Crippen molar-refractivity contribution >= 4 is 35.4 Å². The molecule has 1 aromatic carbocycles. The number of carbonyl (C=O) groups is 4. The topological polar surface area (TPSA) is 103 Å². The highest BCUT2D eigenvalue weighted by Gasteiger charge is 2.51. The fraction of sp³-hybridized carbons (Fsp3) is 0.364. The summed E-state index contributed by atoms with van der Waals surface area (Å²) in [5.41, 5.74) is -0.612. The fourth-order valence-electron chi connectivity index (χ4n) is 4.09. The summed E-state index contributed by atoms with van der Waals surface area (Å²) >= 11 is 5.95. The van der Waals surface area contributed by atoms with Crippen LogP contribution in [0.1, 0.15) is 29.5 Å². The molecule has 2 aliphatic rings. The Labute approximate surface area is 189 Å². The molecule has 0 unspecified atom stereocenters. The maximum atomic E-state index is 13.2. The van der Waals surface area contributed by atoms with Gasteiger partial charge in [-0.2, -0.15) is 0 Å². The van der Waals surface area contributed by atoms with E-state index < -0.39 is 17.5 Å². The molecule has 0 bridgehead atoms. The van der Waals surface area contributed by atoms with Gasteiger partial charge in [0.05, 0.1) is 6.26 Å². The van der Waals surface area contributed by atoms with E-state index in [1.807, 2.05) is 0 Å². The minimum absolute atomic E-state index is 0.230. The lowest BCUT2D eigenvalue weighted by molar-refractivity contribution is -0.140. The van der Waals surface area contributed by atoms with Crippen molar-refractivity contribution in [3.8, 4) is 0 Å².